The second-order valence-electron chi connectivity index (χ2n) is 4.05. The summed E-state index contributed by atoms with van der Waals surface area (Å²) >= 11 is 0. The quantitative estimate of drug-likeness (QED) is 0.671. The molecule has 2 nitrogen and oxygen atoms in total. The predicted octanol–water partition coefficient (Wildman–Crippen LogP) is 2.83. The molecular formula is C11H18O2. The molecule has 1 aliphatic rings. The summed E-state index contributed by atoms with van der Waals surface area (Å²) in [5.41, 5.74) is -0.244. The summed E-state index contributed by atoms with van der Waals surface area (Å²) in [6, 6.07) is 0. The van der Waals surface area contributed by atoms with Crippen molar-refractivity contribution in [1.82, 2.24) is 0 Å². The van der Waals surface area contributed by atoms with Crippen molar-refractivity contribution >= 4 is 5.78 Å². The third-order valence-corrected chi connectivity index (χ3v) is 2.38. The predicted molar refractivity (Wildman–Crippen MR) is 52.4 cm³/mol. The third kappa shape index (κ3) is 2.87. The maximum Gasteiger partial charge on any atom is 0.162 e. The number of allylic oxidation sites excluding steroid dienone is 2. The molecule has 13 heavy (non-hydrogen) atoms. The fourth-order valence-corrected chi connectivity index (χ4v) is 1.79. The van der Waals surface area contributed by atoms with Gasteiger partial charge in [0.15, 0.2) is 5.78 Å². The smallest absolute Gasteiger partial charge is 0.162 e. The van der Waals surface area contributed by atoms with Gasteiger partial charge in [-0.15, -0.1) is 0 Å². The fourth-order valence-electron chi connectivity index (χ4n) is 1.79. The first-order valence-electron chi connectivity index (χ1n) is 4.96. The highest BCUT2D eigenvalue weighted by molar-refractivity contribution is 5.91. The molecule has 1 atom stereocenters. The van der Waals surface area contributed by atoms with E-state index in [-0.39, 0.29) is 11.4 Å². The molecule has 1 heterocycles. The molecule has 1 unspecified atom stereocenters. The van der Waals surface area contributed by atoms with Crippen LogP contribution in [0.3, 0.4) is 0 Å². The fraction of sp³-hybridized carbons (Fsp3) is 0.727. The van der Waals surface area contributed by atoms with Crippen LogP contribution in [0.1, 0.15) is 46.5 Å². The van der Waals surface area contributed by atoms with Gasteiger partial charge in [-0.25, -0.2) is 0 Å². The van der Waals surface area contributed by atoms with Crippen LogP contribution in [0.25, 0.3) is 0 Å². The van der Waals surface area contributed by atoms with Crippen molar-refractivity contribution in [2.45, 2.75) is 52.1 Å². The van der Waals surface area contributed by atoms with Gasteiger partial charge >= 0.3 is 0 Å². The molecule has 0 aromatic rings. The maximum absolute atomic E-state index is 11.3. The summed E-state index contributed by atoms with van der Waals surface area (Å²) < 4.78 is 5.69. The lowest BCUT2D eigenvalue weighted by Crippen LogP contribution is -2.34. The van der Waals surface area contributed by atoms with Crippen molar-refractivity contribution < 1.29 is 9.53 Å². The summed E-state index contributed by atoms with van der Waals surface area (Å²) in [6.45, 7) is 6.02. The largest absolute Gasteiger partial charge is 0.492 e. The molecule has 2 heteroatoms. The second-order valence-corrected chi connectivity index (χ2v) is 4.05. The van der Waals surface area contributed by atoms with Gasteiger partial charge in [-0.1, -0.05) is 13.3 Å². The van der Waals surface area contributed by atoms with Gasteiger partial charge < -0.3 is 4.74 Å². The Labute approximate surface area is 80.0 Å². The highest BCUT2D eigenvalue weighted by Gasteiger charge is 2.31. The minimum absolute atomic E-state index is 0.197. The SMILES string of the molecule is CCCCC1(C)CC(=O)C=C(C)O1. The molecule has 0 aromatic heterocycles. The van der Waals surface area contributed by atoms with Crippen LogP contribution in [0.2, 0.25) is 0 Å². The molecule has 1 rings (SSSR count). The standard InChI is InChI=1S/C11H18O2/c1-4-5-6-11(3)8-10(12)7-9(2)13-11/h7H,4-6,8H2,1-3H3. The Morgan fingerprint density at radius 2 is 2.31 bits per heavy atom. The highest BCUT2D eigenvalue weighted by Crippen LogP contribution is 2.29. The number of carbonyl (C=O) groups is 1. The van der Waals surface area contributed by atoms with Gasteiger partial charge in [0.1, 0.15) is 5.60 Å². The Balaban J connectivity index is 2.60. The monoisotopic (exact) mass is 182 g/mol. The number of ether oxygens (including phenoxy) is 1. The van der Waals surface area contributed by atoms with Crippen LogP contribution in [-0.4, -0.2) is 11.4 Å². The number of hydrogen-bond donors (Lipinski definition) is 0. The van der Waals surface area contributed by atoms with E-state index in [0.29, 0.717) is 6.42 Å². The summed E-state index contributed by atoms with van der Waals surface area (Å²) in [7, 11) is 0. The molecule has 0 aromatic carbocycles. The molecule has 0 saturated heterocycles. The van der Waals surface area contributed by atoms with Crippen LogP contribution >= 0.6 is 0 Å². The van der Waals surface area contributed by atoms with Crippen LogP contribution in [0.5, 0.6) is 0 Å². The van der Waals surface area contributed by atoms with Gasteiger partial charge in [-0.2, -0.15) is 0 Å². The van der Waals surface area contributed by atoms with Gasteiger partial charge in [0.05, 0.1) is 12.2 Å². The lowest BCUT2D eigenvalue weighted by molar-refractivity contribution is -0.123. The van der Waals surface area contributed by atoms with Gasteiger partial charge in [0, 0.05) is 6.08 Å². The van der Waals surface area contributed by atoms with Crippen molar-refractivity contribution in [2.24, 2.45) is 0 Å². The summed E-state index contributed by atoms with van der Waals surface area (Å²) in [4.78, 5) is 11.3. The normalized spacial score (nSPS) is 28.2. The van der Waals surface area contributed by atoms with E-state index in [1.165, 1.54) is 0 Å². The molecule has 0 radical (unpaired) electrons. The first kappa shape index (κ1) is 10.3. The number of hydrogen-bond acceptors (Lipinski definition) is 2. The van der Waals surface area contributed by atoms with Gasteiger partial charge in [-0.3, -0.25) is 4.79 Å². The zero-order valence-electron chi connectivity index (χ0n) is 8.72. The van der Waals surface area contributed by atoms with Crippen molar-refractivity contribution in [3.8, 4) is 0 Å². The van der Waals surface area contributed by atoms with E-state index in [9.17, 15) is 4.79 Å². The first-order valence-corrected chi connectivity index (χ1v) is 4.96. The molecule has 0 aliphatic carbocycles. The van der Waals surface area contributed by atoms with Gasteiger partial charge in [0.25, 0.3) is 0 Å². The number of rotatable bonds is 3. The van der Waals surface area contributed by atoms with E-state index in [1.807, 2.05) is 13.8 Å². The topological polar surface area (TPSA) is 26.3 Å². The number of carbonyl (C=O) groups excluding carboxylic acids is 1. The van der Waals surface area contributed by atoms with E-state index >= 15 is 0 Å². The maximum atomic E-state index is 11.3. The second kappa shape index (κ2) is 3.95. The molecule has 0 N–H and O–H groups in total. The Bertz CT molecular complexity index is 230. The molecule has 0 saturated carbocycles. The summed E-state index contributed by atoms with van der Waals surface area (Å²) in [5, 5.41) is 0. The van der Waals surface area contributed by atoms with Gasteiger partial charge in [-0.05, 0) is 26.7 Å². The molecule has 74 valence electrons. The molecule has 0 fully saturated rings. The zero-order chi connectivity index (χ0) is 9.90. The van der Waals surface area contributed by atoms with Crippen molar-refractivity contribution in [3.05, 3.63) is 11.8 Å². The molecule has 0 spiro atoms. The lowest BCUT2D eigenvalue weighted by Gasteiger charge is -2.33. The van der Waals surface area contributed by atoms with Crippen LogP contribution in [0, 0.1) is 0 Å². The molecule has 1 aliphatic heterocycles. The van der Waals surface area contributed by atoms with Crippen LogP contribution in [0.4, 0.5) is 0 Å². The highest BCUT2D eigenvalue weighted by atomic mass is 16.5. The summed E-state index contributed by atoms with van der Waals surface area (Å²) in [5.74, 6) is 0.956. The number of ketones is 1. The van der Waals surface area contributed by atoms with E-state index in [1.54, 1.807) is 6.08 Å². The van der Waals surface area contributed by atoms with Crippen LogP contribution < -0.4 is 0 Å². The van der Waals surface area contributed by atoms with E-state index < -0.39 is 0 Å². The van der Waals surface area contributed by atoms with E-state index in [4.69, 9.17) is 4.74 Å². The zero-order valence-corrected chi connectivity index (χ0v) is 8.72. The van der Waals surface area contributed by atoms with Crippen molar-refractivity contribution in [1.29, 1.82) is 0 Å². The Kier molecular flexibility index (Phi) is 3.12. The Morgan fingerprint density at radius 3 is 2.85 bits per heavy atom. The van der Waals surface area contributed by atoms with E-state index in [2.05, 4.69) is 6.92 Å². The van der Waals surface area contributed by atoms with Crippen molar-refractivity contribution in [2.75, 3.05) is 0 Å². The summed E-state index contributed by atoms with van der Waals surface area (Å²) in [6.07, 6.45) is 5.37. The molecule has 0 amide bonds. The van der Waals surface area contributed by atoms with Crippen LogP contribution in [-0.2, 0) is 9.53 Å². The molecule has 0 bridgehead atoms. The third-order valence-electron chi connectivity index (χ3n) is 2.38. The average molecular weight is 182 g/mol. The van der Waals surface area contributed by atoms with Gasteiger partial charge in [0.2, 0.25) is 0 Å². The first-order chi connectivity index (χ1) is 6.06. The minimum atomic E-state index is -0.244. The molecular weight excluding hydrogens is 164 g/mol. The van der Waals surface area contributed by atoms with Crippen molar-refractivity contribution in [3.63, 3.8) is 0 Å². The van der Waals surface area contributed by atoms with Crippen LogP contribution in [0.15, 0.2) is 11.8 Å². The average Bonchev–Trinajstić information content (AvgIpc) is 1.98. The van der Waals surface area contributed by atoms with E-state index in [0.717, 1.165) is 25.0 Å². The minimum Gasteiger partial charge on any atom is -0.492 e. The Morgan fingerprint density at radius 1 is 1.62 bits per heavy atom. The lowest BCUT2D eigenvalue weighted by atomic mass is 9.91. The Hall–Kier alpha value is -0.790. The number of unbranched alkanes of at least 4 members (excludes halogenated alkanes) is 1.